The van der Waals surface area contributed by atoms with Crippen molar-refractivity contribution in [2.45, 2.75) is 27.4 Å². The van der Waals surface area contributed by atoms with Crippen LogP contribution in [0.3, 0.4) is 0 Å². The number of nitrogens with zero attached hydrogens (tertiary/aromatic N) is 6. The first-order valence-corrected chi connectivity index (χ1v) is 10.0. The Bertz CT molecular complexity index is 1310. The number of hydrogen-bond acceptors (Lipinski definition) is 6. The molecule has 0 spiro atoms. The van der Waals surface area contributed by atoms with E-state index in [-0.39, 0.29) is 12.3 Å². The maximum absolute atomic E-state index is 12.3. The van der Waals surface area contributed by atoms with E-state index in [9.17, 15) is 4.79 Å². The fraction of sp³-hybridized carbons (Fsp3) is 0.227. The summed E-state index contributed by atoms with van der Waals surface area (Å²) in [6, 6.07) is 11.3. The van der Waals surface area contributed by atoms with E-state index in [1.54, 1.807) is 19.3 Å². The Balaban J connectivity index is 1.65. The number of benzene rings is 1. The molecule has 0 aliphatic rings. The second kappa shape index (κ2) is 8.31. The summed E-state index contributed by atoms with van der Waals surface area (Å²) in [5.41, 5.74) is 5.52. The number of tetrazole rings is 1. The van der Waals surface area contributed by atoms with Gasteiger partial charge in [-0.3, -0.25) is 4.98 Å². The maximum atomic E-state index is 12.3. The molecule has 1 aromatic carbocycles. The Morgan fingerprint density at radius 2 is 1.87 bits per heavy atom. The van der Waals surface area contributed by atoms with Crippen molar-refractivity contribution in [1.29, 1.82) is 0 Å². The summed E-state index contributed by atoms with van der Waals surface area (Å²) >= 11 is 5.95. The number of pyridine rings is 2. The zero-order chi connectivity index (χ0) is 22.1. The second-order valence-electron chi connectivity index (χ2n) is 7.26. The van der Waals surface area contributed by atoms with Crippen LogP contribution in [0.5, 0.6) is 5.88 Å². The van der Waals surface area contributed by atoms with Gasteiger partial charge in [-0.05, 0) is 61.0 Å². The molecule has 4 aromatic rings. The molecule has 0 unspecified atom stereocenters. The monoisotopic (exact) mass is 436 g/mol. The first-order valence-electron chi connectivity index (χ1n) is 9.66. The zero-order valence-electron chi connectivity index (χ0n) is 17.6. The quantitative estimate of drug-likeness (QED) is 0.475. The lowest BCUT2D eigenvalue weighted by atomic mass is 10.1. The molecule has 158 valence electrons. The van der Waals surface area contributed by atoms with Crippen molar-refractivity contribution in [3.8, 4) is 22.8 Å². The van der Waals surface area contributed by atoms with Crippen LogP contribution in [0.1, 0.15) is 22.4 Å². The molecule has 3 aromatic heterocycles. The number of hydrogen-bond donors (Lipinski definition) is 0. The fourth-order valence-electron chi connectivity index (χ4n) is 3.30. The lowest BCUT2D eigenvalue weighted by Gasteiger charge is -2.15. The molecule has 0 amide bonds. The van der Waals surface area contributed by atoms with Gasteiger partial charge in [-0.15, -0.1) is 0 Å². The van der Waals surface area contributed by atoms with Crippen LogP contribution >= 0.6 is 11.6 Å². The first-order chi connectivity index (χ1) is 14.8. The lowest BCUT2D eigenvalue weighted by molar-refractivity contribution is 0.290. The predicted molar refractivity (Wildman–Crippen MR) is 118 cm³/mol. The smallest absolute Gasteiger partial charge is 0.368 e. The Morgan fingerprint density at radius 3 is 2.55 bits per heavy atom. The molecule has 0 saturated heterocycles. The predicted octanol–water partition coefficient (Wildman–Crippen LogP) is 3.58. The fourth-order valence-corrected chi connectivity index (χ4v) is 3.41. The van der Waals surface area contributed by atoms with Gasteiger partial charge in [0.25, 0.3) is 0 Å². The van der Waals surface area contributed by atoms with Gasteiger partial charge in [0.05, 0.1) is 22.1 Å². The Morgan fingerprint density at radius 1 is 1.06 bits per heavy atom. The van der Waals surface area contributed by atoms with Crippen LogP contribution in [0.2, 0.25) is 5.02 Å². The molecule has 0 fully saturated rings. The summed E-state index contributed by atoms with van der Waals surface area (Å²) in [4.78, 5) is 21.4. The van der Waals surface area contributed by atoms with Crippen LogP contribution in [0.15, 0.2) is 47.4 Å². The minimum absolute atomic E-state index is 0.233. The summed E-state index contributed by atoms with van der Waals surface area (Å²) in [6.07, 6.45) is 1.62. The molecule has 9 heteroatoms. The van der Waals surface area contributed by atoms with Gasteiger partial charge in [0.15, 0.2) is 0 Å². The summed E-state index contributed by atoms with van der Waals surface area (Å²) in [7, 11) is 1.56. The third-order valence-corrected chi connectivity index (χ3v) is 5.27. The van der Waals surface area contributed by atoms with Gasteiger partial charge < -0.3 is 4.74 Å². The first kappa shape index (κ1) is 20.7. The number of ether oxygens (including phenoxy) is 1. The van der Waals surface area contributed by atoms with E-state index in [1.807, 2.05) is 51.1 Å². The van der Waals surface area contributed by atoms with Crippen molar-refractivity contribution in [3.05, 3.63) is 80.5 Å². The second-order valence-corrected chi connectivity index (χ2v) is 7.70. The molecule has 0 aliphatic heterocycles. The molecule has 31 heavy (non-hydrogen) atoms. The highest BCUT2D eigenvalue weighted by Gasteiger charge is 2.15. The third-order valence-electron chi connectivity index (χ3n) is 5.05. The maximum Gasteiger partial charge on any atom is 0.368 e. The SMILES string of the molecule is Cc1cc(-c2ccc(Cl)cn2)c(C)nc1OCc1c(C)cccc1-n1nnn(C)c1=O. The highest BCUT2D eigenvalue weighted by atomic mass is 35.5. The van der Waals surface area contributed by atoms with Crippen LogP contribution in [0.4, 0.5) is 0 Å². The summed E-state index contributed by atoms with van der Waals surface area (Å²) in [6.45, 7) is 6.05. The van der Waals surface area contributed by atoms with Gasteiger partial charge in [0.2, 0.25) is 5.88 Å². The van der Waals surface area contributed by atoms with Crippen LogP contribution in [-0.2, 0) is 13.7 Å². The number of halogens is 1. The molecule has 0 N–H and O–H groups in total. The standard InChI is InChI=1S/C22H21ClN6O2/c1-13-6-5-7-20(29-22(30)28(4)26-27-29)18(13)12-31-21-14(2)10-17(15(3)25-21)19-9-8-16(23)11-24-19/h5-11H,12H2,1-4H3. The van der Waals surface area contributed by atoms with E-state index >= 15 is 0 Å². The van der Waals surface area contributed by atoms with Crippen LogP contribution in [0, 0.1) is 20.8 Å². The zero-order valence-corrected chi connectivity index (χ0v) is 18.4. The summed E-state index contributed by atoms with van der Waals surface area (Å²) in [5, 5.41) is 8.34. The molecule has 0 bridgehead atoms. The van der Waals surface area contributed by atoms with E-state index in [1.165, 1.54) is 9.36 Å². The van der Waals surface area contributed by atoms with Crippen LogP contribution in [0.25, 0.3) is 16.9 Å². The average Bonchev–Trinajstić information content (AvgIpc) is 3.08. The molecular weight excluding hydrogens is 416 g/mol. The molecule has 0 radical (unpaired) electrons. The molecule has 0 saturated carbocycles. The molecule has 0 atom stereocenters. The highest BCUT2D eigenvalue weighted by molar-refractivity contribution is 6.30. The van der Waals surface area contributed by atoms with Crippen molar-refractivity contribution in [1.82, 2.24) is 29.8 Å². The van der Waals surface area contributed by atoms with E-state index < -0.39 is 0 Å². The number of aromatic nitrogens is 6. The summed E-state index contributed by atoms with van der Waals surface area (Å²) in [5.74, 6) is 0.524. The topological polar surface area (TPSA) is 87.7 Å². The molecule has 0 aliphatic carbocycles. The molecule has 4 rings (SSSR count). The van der Waals surface area contributed by atoms with Crippen molar-refractivity contribution >= 4 is 11.6 Å². The Hall–Kier alpha value is -3.52. The van der Waals surface area contributed by atoms with E-state index in [2.05, 4.69) is 20.4 Å². The van der Waals surface area contributed by atoms with Gasteiger partial charge in [0.1, 0.15) is 6.61 Å². The highest BCUT2D eigenvalue weighted by Crippen LogP contribution is 2.28. The van der Waals surface area contributed by atoms with Crippen molar-refractivity contribution in [2.24, 2.45) is 7.05 Å². The largest absolute Gasteiger partial charge is 0.473 e. The minimum Gasteiger partial charge on any atom is -0.473 e. The molecular formula is C22H21ClN6O2. The van der Waals surface area contributed by atoms with Gasteiger partial charge >= 0.3 is 5.69 Å². The van der Waals surface area contributed by atoms with Crippen molar-refractivity contribution in [3.63, 3.8) is 0 Å². The van der Waals surface area contributed by atoms with Crippen molar-refractivity contribution in [2.75, 3.05) is 0 Å². The molecule has 8 nitrogen and oxygen atoms in total. The number of rotatable bonds is 5. The van der Waals surface area contributed by atoms with Gasteiger partial charge in [-0.1, -0.05) is 23.7 Å². The normalized spacial score (nSPS) is 11.0. The van der Waals surface area contributed by atoms with Crippen molar-refractivity contribution < 1.29 is 4.74 Å². The van der Waals surface area contributed by atoms with Gasteiger partial charge in [0, 0.05) is 29.9 Å². The lowest BCUT2D eigenvalue weighted by Crippen LogP contribution is -2.23. The van der Waals surface area contributed by atoms with Crippen LogP contribution < -0.4 is 10.4 Å². The van der Waals surface area contributed by atoms with Crippen LogP contribution in [-0.4, -0.2) is 29.8 Å². The van der Waals surface area contributed by atoms with E-state index in [0.29, 0.717) is 16.6 Å². The number of aryl methyl sites for hydroxylation is 4. The average molecular weight is 437 g/mol. The van der Waals surface area contributed by atoms with Gasteiger partial charge in [-0.2, -0.15) is 9.36 Å². The van der Waals surface area contributed by atoms with Gasteiger partial charge in [-0.25, -0.2) is 9.78 Å². The Labute approximate surface area is 184 Å². The van der Waals surface area contributed by atoms with E-state index in [0.717, 1.165) is 33.6 Å². The Kier molecular flexibility index (Phi) is 5.56. The minimum atomic E-state index is -0.322. The summed E-state index contributed by atoms with van der Waals surface area (Å²) < 4.78 is 8.54. The third kappa shape index (κ3) is 4.06. The van der Waals surface area contributed by atoms with E-state index in [4.69, 9.17) is 16.3 Å². The molecule has 3 heterocycles.